The summed E-state index contributed by atoms with van der Waals surface area (Å²) in [6.07, 6.45) is 0. The molecule has 0 aliphatic rings. The van der Waals surface area contributed by atoms with Crippen LogP contribution in [0, 0.1) is 0 Å². The molecule has 0 fully saturated rings. The van der Waals surface area contributed by atoms with E-state index in [-0.39, 0.29) is 11.4 Å². The van der Waals surface area contributed by atoms with Crippen LogP contribution in [-0.2, 0) is 16.6 Å². The van der Waals surface area contributed by atoms with Gasteiger partial charge < -0.3 is 0 Å². The molecule has 0 amide bonds. The third kappa shape index (κ3) is 3.57. The van der Waals surface area contributed by atoms with Crippen LogP contribution in [0.1, 0.15) is 5.56 Å². The van der Waals surface area contributed by atoms with E-state index in [0.717, 1.165) is 5.56 Å². The normalized spacial score (nSPS) is 11.5. The van der Waals surface area contributed by atoms with Crippen molar-refractivity contribution in [1.82, 2.24) is 4.72 Å². The number of sulfonamides is 1. The fraction of sp³-hybridized carbons (Fsp3) is 0.0769. The van der Waals surface area contributed by atoms with E-state index in [1.807, 2.05) is 6.07 Å². The van der Waals surface area contributed by atoms with E-state index in [9.17, 15) is 8.42 Å². The quantitative estimate of drug-likeness (QED) is 0.906. The predicted octanol–water partition coefficient (Wildman–Crippen LogP) is 3.58. The van der Waals surface area contributed by atoms with E-state index >= 15 is 0 Å². The number of benzene rings is 2. The topological polar surface area (TPSA) is 46.2 Å². The molecule has 0 spiro atoms. The summed E-state index contributed by atoms with van der Waals surface area (Å²) >= 11 is 9.21. The largest absolute Gasteiger partial charge is 0.241 e. The molecule has 0 saturated carbocycles. The average Bonchev–Trinajstić information content (AvgIpc) is 2.38. The molecule has 0 aromatic heterocycles. The molecule has 2 rings (SSSR count). The first-order chi connectivity index (χ1) is 9.00. The lowest BCUT2D eigenvalue weighted by molar-refractivity contribution is 0.581. The van der Waals surface area contributed by atoms with Gasteiger partial charge in [0.1, 0.15) is 0 Å². The SMILES string of the molecule is O=S(=O)(NCc1ccccc1Cl)c1ccccc1Br. The second-order valence-electron chi connectivity index (χ2n) is 3.85. The van der Waals surface area contributed by atoms with Crippen molar-refractivity contribution >= 4 is 37.6 Å². The molecule has 0 unspecified atom stereocenters. The third-order valence-electron chi connectivity index (χ3n) is 2.54. The van der Waals surface area contributed by atoms with Crippen molar-refractivity contribution in [3.63, 3.8) is 0 Å². The van der Waals surface area contributed by atoms with Gasteiger partial charge in [0.2, 0.25) is 10.0 Å². The zero-order valence-corrected chi connectivity index (χ0v) is 13.0. The lowest BCUT2D eigenvalue weighted by Gasteiger charge is -2.09. The minimum Gasteiger partial charge on any atom is -0.207 e. The maximum atomic E-state index is 12.2. The molecule has 0 aliphatic carbocycles. The Balaban J connectivity index is 2.20. The highest BCUT2D eigenvalue weighted by Gasteiger charge is 2.16. The van der Waals surface area contributed by atoms with Crippen LogP contribution < -0.4 is 4.72 Å². The Hall–Kier alpha value is -0.880. The number of hydrogen-bond acceptors (Lipinski definition) is 2. The van der Waals surface area contributed by atoms with Gasteiger partial charge in [-0.15, -0.1) is 0 Å². The maximum absolute atomic E-state index is 12.2. The van der Waals surface area contributed by atoms with Gasteiger partial charge in [-0.3, -0.25) is 0 Å². The van der Waals surface area contributed by atoms with Crippen LogP contribution in [0.2, 0.25) is 5.02 Å². The van der Waals surface area contributed by atoms with E-state index < -0.39 is 10.0 Å². The summed E-state index contributed by atoms with van der Waals surface area (Å²) in [5.74, 6) is 0. The van der Waals surface area contributed by atoms with Crippen LogP contribution in [0.15, 0.2) is 57.9 Å². The molecule has 19 heavy (non-hydrogen) atoms. The smallest absolute Gasteiger partial charge is 0.207 e. The van der Waals surface area contributed by atoms with E-state index in [0.29, 0.717) is 9.50 Å². The highest BCUT2D eigenvalue weighted by molar-refractivity contribution is 9.10. The van der Waals surface area contributed by atoms with Crippen molar-refractivity contribution in [3.8, 4) is 0 Å². The lowest BCUT2D eigenvalue weighted by Crippen LogP contribution is -2.23. The molecule has 2 aromatic carbocycles. The van der Waals surface area contributed by atoms with Crippen LogP contribution in [0.25, 0.3) is 0 Å². The summed E-state index contributed by atoms with van der Waals surface area (Å²) < 4.78 is 27.4. The van der Waals surface area contributed by atoms with Crippen LogP contribution in [0.4, 0.5) is 0 Å². The van der Waals surface area contributed by atoms with Gasteiger partial charge >= 0.3 is 0 Å². The van der Waals surface area contributed by atoms with Crippen molar-refractivity contribution in [3.05, 3.63) is 63.6 Å². The van der Waals surface area contributed by atoms with Crippen molar-refractivity contribution in [2.45, 2.75) is 11.4 Å². The summed E-state index contributed by atoms with van der Waals surface area (Å²) in [4.78, 5) is 0.210. The number of halogens is 2. The maximum Gasteiger partial charge on any atom is 0.241 e. The molecular formula is C13H11BrClNO2S. The molecule has 0 atom stereocenters. The van der Waals surface area contributed by atoms with Crippen LogP contribution in [0.5, 0.6) is 0 Å². The van der Waals surface area contributed by atoms with Crippen molar-refractivity contribution in [2.24, 2.45) is 0 Å². The zero-order valence-electron chi connectivity index (χ0n) is 9.81. The monoisotopic (exact) mass is 359 g/mol. The summed E-state index contributed by atoms with van der Waals surface area (Å²) in [5.41, 5.74) is 0.736. The Morgan fingerprint density at radius 1 is 1.05 bits per heavy atom. The minimum absolute atomic E-state index is 0.156. The number of rotatable bonds is 4. The van der Waals surface area contributed by atoms with Gasteiger partial charge in [0.05, 0.1) is 4.90 Å². The molecule has 2 aromatic rings. The van der Waals surface area contributed by atoms with Gasteiger partial charge in [-0.05, 0) is 39.7 Å². The number of nitrogens with one attached hydrogen (secondary N) is 1. The second-order valence-corrected chi connectivity index (χ2v) is 6.84. The minimum atomic E-state index is -3.56. The van der Waals surface area contributed by atoms with Gasteiger partial charge in [-0.2, -0.15) is 0 Å². The van der Waals surface area contributed by atoms with Gasteiger partial charge in [0, 0.05) is 16.0 Å². The summed E-state index contributed by atoms with van der Waals surface area (Å²) in [5, 5.41) is 0.539. The van der Waals surface area contributed by atoms with E-state index in [1.165, 1.54) is 0 Å². The van der Waals surface area contributed by atoms with Crippen molar-refractivity contribution in [1.29, 1.82) is 0 Å². The summed E-state index contributed by atoms with van der Waals surface area (Å²) in [6, 6.07) is 13.8. The molecule has 0 saturated heterocycles. The molecule has 100 valence electrons. The Kier molecular flexibility index (Phi) is 4.62. The Morgan fingerprint density at radius 3 is 2.37 bits per heavy atom. The molecule has 0 bridgehead atoms. The second kappa shape index (κ2) is 6.05. The first-order valence-corrected chi connectivity index (χ1v) is 8.14. The van der Waals surface area contributed by atoms with Gasteiger partial charge in [0.25, 0.3) is 0 Å². The fourth-order valence-corrected chi connectivity index (χ4v) is 3.77. The molecule has 0 heterocycles. The Morgan fingerprint density at radius 2 is 1.68 bits per heavy atom. The van der Waals surface area contributed by atoms with Crippen LogP contribution in [-0.4, -0.2) is 8.42 Å². The molecule has 6 heteroatoms. The highest BCUT2D eigenvalue weighted by Crippen LogP contribution is 2.22. The summed E-state index contributed by atoms with van der Waals surface area (Å²) in [6.45, 7) is 0.156. The average molecular weight is 361 g/mol. The van der Waals surface area contributed by atoms with E-state index in [2.05, 4.69) is 20.7 Å². The highest BCUT2D eigenvalue weighted by atomic mass is 79.9. The fourth-order valence-electron chi connectivity index (χ4n) is 1.55. The van der Waals surface area contributed by atoms with Crippen LogP contribution >= 0.6 is 27.5 Å². The van der Waals surface area contributed by atoms with Crippen molar-refractivity contribution in [2.75, 3.05) is 0 Å². The van der Waals surface area contributed by atoms with Gasteiger partial charge in [-0.25, -0.2) is 13.1 Å². The summed E-state index contributed by atoms with van der Waals surface area (Å²) in [7, 11) is -3.56. The zero-order chi connectivity index (χ0) is 13.9. The first-order valence-electron chi connectivity index (χ1n) is 5.48. The first kappa shape index (κ1) is 14.5. The van der Waals surface area contributed by atoms with Gasteiger partial charge in [-0.1, -0.05) is 41.9 Å². The van der Waals surface area contributed by atoms with Crippen LogP contribution in [0.3, 0.4) is 0 Å². The Labute approximate surface area is 125 Å². The molecule has 0 aliphatic heterocycles. The Bertz CT molecular complexity index is 689. The van der Waals surface area contributed by atoms with Crippen molar-refractivity contribution < 1.29 is 8.42 Å². The molecular weight excluding hydrogens is 350 g/mol. The molecule has 3 nitrogen and oxygen atoms in total. The predicted molar refractivity (Wildman–Crippen MR) is 79.6 cm³/mol. The van der Waals surface area contributed by atoms with E-state index in [4.69, 9.17) is 11.6 Å². The standard InChI is InChI=1S/C13H11BrClNO2S/c14-11-6-2-4-8-13(11)19(17,18)16-9-10-5-1-3-7-12(10)15/h1-8,16H,9H2. The number of hydrogen-bond donors (Lipinski definition) is 1. The van der Waals surface area contributed by atoms with Gasteiger partial charge in [0.15, 0.2) is 0 Å². The third-order valence-corrected chi connectivity index (χ3v) is 5.32. The molecule has 0 radical (unpaired) electrons. The lowest BCUT2D eigenvalue weighted by atomic mass is 10.2. The molecule has 1 N–H and O–H groups in total. The van der Waals surface area contributed by atoms with E-state index in [1.54, 1.807) is 42.5 Å².